The molecule has 1 atom stereocenters. The van der Waals surface area contributed by atoms with Crippen molar-refractivity contribution >= 4 is 5.69 Å². The maximum absolute atomic E-state index is 4.00. The molecule has 0 spiro atoms. The van der Waals surface area contributed by atoms with Gasteiger partial charge in [-0.2, -0.15) is 0 Å². The molecule has 4 heteroatoms. The smallest absolute Gasteiger partial charge is 0.0922 e. The highest BCUT2D eigenvalue weighted by molar-refractivity contribution is 5.46. The molecule has 0 fully saturated rings. The Balaban J connectivity index is 1.94. The summed E-state index contributed by atoms with van der Waals surface area (Å²) in [5, 5.41) is 3.47. The fraction of sp³-hybridized carbons (Fsp3) is 0.357. The average molecular weight is 244 g/mol. The molecule has 0 saturated heterocycles. The molecular weight excluding hydrogens is 224 g/mol. The van der Waals surface area contributed by atoms with Crippen molar-refractivity contribution in [1.29, 1.82) is 0 Å². The van der Waals surface area contributed by atoms with Gasteiger partial charge in [-0.05, 0) is 24.6 Å². The Morgan fingerprint density at radius 3 is 2.56 bits per heavy atom. The van der Waals surface area contributed by atoms with E-state index in [4.69, 9.17) is 0 Å². The van der Waals surface area contributed by atoms with Crippen LogP contribution in [0.15, 0.2) is 36.8 Å². The third kappa shape index (κ3) is 3.11. The molecular formula is C14H20N4. The molecule has 0 bridgehead atoms. The molecule has 1 heterocycles. The molecule has 2 N–H and O–H groups in total. The predicted octanol–water partition coefficient (Wildman–Crippen LogP) is 2.33. The first-order valence-corrected chi connectivity index (χ1v) is 6.14. The lowest BCUT2D eigenvalue weighted by molar-refractivity contribution is 0.569. The van der Waals surface area contributed by atoms with Crippen LogP contribution in [0.5, 0.6) is 0 Å². The van der Waals surface area contributed by atoms with Crippen molar-refractivity contribution in [1.82, 2.24) is 15.3 Å². The number of hydrogen-bond acceptors (Lipinski definition) is 3. The third-order valence-electron chi connectivity index (χ3n) is 3.06. The fourth-order valence-electron chi connectivity index (χ4n) is 1.82. The van der Waals surface area contributed by atoms with E-state index in [1.807, 2.05) is 6.20 Å². The van der Waals surface area contributed by atoms with Gasteiger partial charge in [-0.3, -0.25) is 0 Å². The van der Waals surface area contributed by atoms with E-state index in [0.717, 1.165) is 12.2 Å². The van der Waals surface area contributed by atoms with Gasteiger partial charge in [-0.15, -0.1) is 0 Å². The van der Waals surface area contributed by atoms with Crippen LogP contribution in [0.3, 0.4) is 0 Å². The van der Waals surface area contributed by atoms with Gasteiger partial charge in [0.15, 0.2) is 0 Å². The van der Waals surface area contributed by atoms with E-state index < -0.39 is 0 Å². The zero-order valence-electron chi connectivity index (χ0n) is 11.1. The number of nitrogens with zero attached hydrogens (tertiary/aromatic N) is 2. The second-order valence-corrected chi connectivity index (χ2v) is 4.67. The molecule has 1 aromatic heterocycles. The number of nitrogens with one attached hydrogen (secondary N) is 2. The average Bonchev–Trinajstić information content (AvgIpc) is 2.89. The molecule has 18 heavy (non-hydrogen) atoms. The van der Waals surface area contributed by atoms with Gasteiger partial charge in [0.05, 0.1) is 6.33 Å². The van der Waals surface area contributed by atoms with Gasteiger partial charge in [0, 0.05) is 44.3 Å². The number of rotatable bonds is 5. The van der Waals surface area contributed by atoms with Gasteiger partial charge >= 0.3 is 0 Å². The largest absolute Gasteiger partial charge is 0.378 e. The SMILES string of the molecule is CC(NCc1cnc[nH]1)c1ccc(N(C)C)cc1. The quantitative estimate of drug-likeness (QED) is 0.848. The Morgan fingerprint density at radius 2 is 2.00 bits per heavy atom. The van der Waals surface area contributed by atoms with Crippen LogP contribution in [0.2, 0.25) is 0 Å². The first-order valence-electron chi connectivity index (χ1n) is 6.14. The van der Waals surface area contributed by atoms with Crippen LogP contribution in [0.25, 0.3) is 0 Å². The summed E-state index contributed by atoms with van der Waals surface area (Å²) in [5.41, 5.74) is 3.62. The number of aromatic amines is 1. The molecule has 0 amide bonds. The fourth-order valence-corrected chi connectivity index (χ4v) is 1.82. The second-order valence-electron chi connectivity index (χ2n) is 4.67. The lowest BCUT2D eigenvalue weighted by Gasteiger charge is -2.16. The summed E-state index contributed by atoms with van der Waals surface area (Å²) < 4.78 is 0. The standard InChI is InChI=1S/C14H20N4/c1-11(16-9-13-8-15-10-17-13)12-4-6-14(7-5-12)18(2)3/h4-8,10-11,16H,9H2,1-3H3,(H,15,17). The van der Waals surface area contributed by atoms with Crippen LogP contribution in [0, 0.1) is 0 Å². The highest BCUT2D eigenvalue weighted by Gasteiger charge is 2.05. The molecule has 0 aliphatic carbocycles. The summed E-state index contributed by atoms with van der Waals surface area (Å²) in [6.45, 7) is 2.97. The van der Waals surface area contributed by atoms with Gasteiger partial charge in [-0.25, -0.2) is 4.98 Å². The molecule has 0 radical (unpaired) electrons. The third-order valence-corrected chi connectivity index (χ3v) is 3.06. The number of aromatic nitrogens is 2. The zero-order chi connectivity index (χ0) is 13.0. The van der Waals surface area contributed by atoms with Gasteiger partial charge < -0.3 is 15.2 Å². The molecule has 2 rings (SSSR count). The molecule has 0 aliphatic rings. The molecule has 1 unspecified atom stereocenters. The van der Waals surface area contributed by atoms with E-state index in [-0.39, 0.29) is 0 Å². The predicted molar refractivity (Wildman–Crippen MR) is 74.6 cm³/mol. The van der Waals surface area contributed by atoms with Gasteiger partial charge in [0.2, 0.25) is 0 Å². The van der Waals surface area contributed by atoms with Crippen LogP contribution in [0.4, 0.5) is 5.69 Å². The highest BCUT2D eigenvalue weighted by Crippen LogP contribution is 2.17. The minimum atomic E-state index is 0.324. The van der Waals surface area contributed by atoms with Crippen molar-refractivity contribution in [2.45, 2.75) is 19.5 Å². The van der Waals surface area contributed by atoms with Gasteiger partial charge in [0.25, 0.3) is 0 Å². The summed E-state index contributed by atoms with van der Waals surface area (Å²) >= 11 is 0. The first kappa shape index (κ1) is 12.6. The maximum atomic E-state index is 4.00. The van der Waals surface area contributed by atoms with Gasteiger partial charge in [0.1, 0.15) is 0 Å². The van der Waals surface area contributed by atoms with Crippen molar-refractivity contribution in [3.05, 3.63) is 48.0 Å². The molecule has 96 valence electrons. The van der Waals surface area contributed by atoms with Crippen molar-refractivity contribution in [3.63, 3.8) is 0 Å². The Labute approximate surface area is 108 Å². The molecule has 4 nitrogen and oxygen atoms in total. The van der Waals surface area contributed by atoms with Crippen LogP contribution < -0.4 is 10.2 Å². The lowest BCUT2D eigenvalue weighted by atomic mass is 10.1. The second kappa shape index (κ2) is 5.69. The van der Waals surface area contributed by atoms with E-state index in [0.29, 0.717) is 6.04 Å². The minimum Gasteiger partial charge on any atom is -0.378 e. The highest BCUT2D eigenvalue weighted by atomic mass is 15.1. The minimum absolute atomic E-state index is 0.324. The topological polar surface area (TPSA) is 44.0 Å². The number of hydrogen-bond donors (Lipinski definition) is 2. The Morgan fingerprint density at radius 1 is 1.28 bits per heavy atom. The van der Waals surface area contributed by atoms with E-state index in [9.17, 15) is 0 Å². The summed E-state index contributed by atoms with van der Waals surface area (Å²) in [7, 11) is 4.10. The summed E-state index contributed by atoms with van der Waals surface area (Å²) in [4.78, 5) is 9.19. The van der Waals surface area contributed by atoms with E-state index in [1.165, 1.54) is 11.3 Å². The number of imidazole rings is 1. The molecule has 0 aliphatic heterocycles. The summed E-state index contributed by atoms with van der Waals surface area (Å²) in [6, 6.07) is 8.94. The Kier molecular flexibility index (Phi) is 3.99. The van der Waals surface area contributed by atoms with E-state index in [2.05, 4.69) is 65.5 Å². The lowest BCUT2D eigenvalue weighted by Crippen LogP contribution is -2.18. The number of benzene rings is 1. The number of anilines is 1. The monoisotopic (exact) mass is 244 g/mol. The first-order chi connectivity index (χ1) is 8.66. The molecule has 2 aromatic rings. The van der Waals surface area contributed by atoms with Crippen LogP contribution in [0.1, 0.15) is 24.2 Å². The number of H-pyrrole nitrogens is 1. The van der Waals surface area contributed by atoms with Crippen molar-refractivity contribution in [2.75, 3.05) is 19.0 Å². The van der Waals surface area contributed by atoms with E-state index in [1.54, 1.807) is 6.33 Å². The normalized spacial score (nSPS) is 12.4. The molecule has 0 saturated carbocycles. The zero-order valence-corrected chi connectivity index (χ0v) is 11.1. The van der Waals surface area contributed by atoms with Crippen LogP contribution in [-0.4, -0.2) is 24.1 Å². The van der Waals surface area contributed by atoms with Gasteiger partial charge in [-0.1, -0.05) is 12.1 Å². The molecule has 1 aromatic carbocycles. The summed E-state index contributed by atoms with van der Waals surface area (Å²) in [5.74, 6) is 0. The van der Waals surface area contributed by atoms with Crippen molar-refractivity contribution in [2.24, 2.45) is 0 Å². The Hall–Kier alpha value is -1.81. The maximum Gasteiger partial charge on any atom is 0.0922 e. The van der Waals surface area contributed by atoms with Crippen molar-refractivity contribution in [3.8, 4) is 0 Å². The van der Waals surface area contributed by atoms with Crippen molar-refractivity contribution < 1.29 is 0 Å². The van der Waals surface area contributed by atoms with Crippen LogP contribution in [-0.2, 0) is 6.54 Å². The Bertz CT molecular complexity index is 459. The van der Waals surface area contributed by atoms with Crippen LogP contribution >= 0.6 is 0 Å². The summed E-state index contributed by atoms with van der Waals surface area (Å²) in [6.07, 6.45) is 3.54. The van der Waals surface area contributed by atoms with E-state index >= 15 is 0 Å².